The Bertz CT molecular complexity index is 136. The van der Waals surface area contributed by atoms with E-state index in [0.717, 1.165) is 11.8 Å². The summed E-state index contributed by atoms with van der Waals surface area (Å²) < 4.78 is 0. The maximum absolute atomic E-state index is 2.40. The molecule has 0 heteroatoms. The van der Waals surface area contributed by atoms with Crippen molar-refractivity contribution < 1.29 is 0 Å². The van der Waals surface area contributed by atoms with Gasteiger partial charge in [0.1, 0.15) is 0 Å². The van der Waals surface area contributed by atoms with Crippen LogP contribution in [-0.2, 0) is 0 Å². The lowest BCUT2D eigenvalue weighted by Gasteiger charge is -2.06. The zero-order valence-corrected chi connectivity index (χ0v) is 8.06. The maximum Gasteiger partial charge on any atom is -0.0346 e. The standard InChI is InChI=1S/C11H20/c1-9(2)5-4-6-10(3)11-7-8-11/h5,10-11H,4,6-8H2,1-3H3/t10-/m0/s1. The van der Waals surface area contributed by atoms with Crippen LogP contribution in [0.4, 0.5) is 0 Å². The van der Waals surface area contributed by atoms with Gasteiger partial charge in [-0.15, -0.1) is 0 Å². The van der Waals surface area contributed by atoms with Crippen LogP contribution in [0.5, 0.6) is 0 Å². The lowest BCUT2D eigenvalue weighted by Crippen LogP contribution is -1.95. The predicted octanol–water partition coefficient (Wildman–Crippen LogP) is 3.78. The molecule has 1 rings (SSSR count). The predicted molar refractivity (Wildman–Crippen MR) is 50.6 cm³/mol. The molecule has 1 aliphatic rings. The van der Waals surface area contributed by atoms with E-state index in [1.165, 1.54) is 31.3 Å². The van der Waals surface area contributed by atoms with E-state index < -0.39 is 0 Å². The van der Waals surface area contributed by atoms with E-state index >= 15 is 0 Å². The fourth-order valence-corrected chi connectivity index (χ4v) is 1.54. The van der Waals surface area contributed by atoms with Crippen molar-refractivity contribution >= 4 is 0 Å². The van der Waals surface area contributed by atoms with Crippen LogP contribution in [0, 0.1) is 11.8 Å². The van der Waals surface area contributed by atoms with Gasteiger partial charge in [-0.05, 0) is 51.4 Å². The van der Waals surface area contributed by atoms with Crippen molar-refractivity contribution in [1.82, 2.24) is 0 Å². The van der Waals surface area contributed by atoms with Crippen LogP contribution < -0.4 is 0 Å². The van der Waals surface area contributed by atoms with Gasteiger partial charge < -0.3 is 0 Å². The van der Waals surface area contributed by atoms with E-state index in [-0.39, 0.29) is 0 Å². The van der Waals surface area contributed by atoms with Gasteiger partial charge in [-0.1, -0.05) is 18.6 Å². The average molecular weight is 152 g/mol. The molecule has 0 aromatic heterocycles. The van der Waals surface area contributed by atoms with E-state index in [2.05, 4.69) is 26.8 Å². The first-order valence-electron chi connectivity index (χ1n) is 4.83. The second-order valence-corrected chi connectivity index (χ2v) is 4.17. The Morgan fingerprint density at radius 1 is 1.45 bits per heavy atom. The molecule has 0 heterocycles. The van der Waals surface area contributed by atoms with Crippen LogP contribution in [0.25, 0.3) is 0 Å². The summed E-state index contributed by atoms with van der Waals surface area (Å²) in [5.41, 5.74) is 1.47. The summed E-state index contributed by atoms with van der Waals surface area (Å²) in [4.78, 5) is 0. The van der Waals surface area contributed by atoms with Gasteiger partial charge in [-0.2, -0.15) is 0 Å². The normalized spacial score (nSPS) is 19.5. The van der Waals surface area contributed by atoms with Gasteiger partial charge in [-0.25, -0.2) is 0 Å². The van der Waals surface area contributed by atoms with Crippen molar-refractivity contribution in [3.8, 4) is 0 Å². The minimum Gasteiger partial charge on any atom is -0.0859 e. The molecule has 1 atom stereocenters. The van der Waals surface area contributed by atoms with Crippen molar-refractivity contribution in [2.45, 2.75) is 46.5 Å². The summed E-state index contributed by atoms with van der Waals surface area (Å²) in [7, 11) is 0. The van der Waals surface area contributed by atoms with E-state index in [0.29, 0.717) is 0 Å². The first kappa shape index (κ1) is 8.83. The van der Waals surface area contributed by atoms with Crippen LogP contribution >= 0.6 is 0 Å². The van der Waals surface area contributed by atoms with Crippen molar-refractivity contribution in [2.24, 2.45) is 11.8 Å². The fourth-order valence-electron chi connectivity index (χ4n) is 1.54. The molecule has 0 amide bonds. The molecule has 0 aromatic carbocycles. The summed E-state index contributed by atoms with van der Waals surface area (Å²) >= 11 is 0. The van der Waals surface area contributed by atoms with Gasteiger partial charge in [0.2, 0.25) is 0 Å². The van der Waals surface area contributed by atoms with Gasteiger partial charge in [0.15, 0.2) is 0 Å². The van der Waals surface area contributed by atoms with E-state index in [1.807, 2.05) is 0 Å². The van der Waals surface area contributed by atoms with Crippen molar-refractivity contribution in [3.63, 3.8) is 0 Å². The molecule has 1 fully saturated rings. The minimum absolute atomic E-state index is 0.977. The van der Waals surface area contributed by atoms with E-state index in [1.54, 1.807) is 0 Å². The Labute approximate surface area is 70.7 Å². The number of hydrogen-bond acceptors (Lipinski definition) is 0. The number of hydrogen-bond donors (Lipinski definition) is 0. The Balaban J connectivity index is 2.06. The van der Waals surface area contributed by atoms with Gasteiger partial charge >= 0.3 is 0 Å². The fraction of sp³-hybridized carbons (Fsp3) is 0.818. The third-order valence-corrected chi connectivity index (χ3v) is 2.60. The Morgan fingerprint density at radius 3 is 2.55 bits per heavy atom. The lowest BCUT2D eigenvalue weighted by molar-refractivity contribution is 0.474. The SMILES string of the molecule is CC(C)=CCC[C@H](C)C1CC1. The van der Waals surface area contributed by atoms with Gasteiger partial charge in [0.25, 0.3) is 0 Å². The highest BCUT2D eigenvalue weighted by atomic mass is 14.3. The summed E-state index contributed by atoms with van der Waals surface area (Å²) in [6.07, 6.45) is 8.04. The summed E-state index contributed by atoms with van der Waals surface area (Å²) in [5.74, 6) is 2.06. The van der Waals surface area contributed by atoms with Crippen LogP contribution in [0.1, 0.15) is 46.5 Å². The van der Waals surface area contributed by atoms with Crippen molar-refractivity contribution in [2.75, 3.05) is 0 Å². The zero-order chi connectivity index (χ0) is 8.27. The second-order valence-electron chi connectivity index (χ2n) is 4.17. The molecule has 0 saturated heterocycles. The van der Waals surface area contributed by atoms with Crippen molar-refractivity contribution in [3.05, 3.63) is 11.6 Å². The largest absolute Gasteiger partial charge is 0.0859 e. The van der Waals surface area contributed by atoms with Crippen LogP contribution in [0.15, 0.2) is 11.6 Å². The second kappa shape index (κ2) is 3.94. The Hall–Kier alpha value is -0.260. The molecule has 0 nitrogen and oxygen atoms in total. The molecular formula is C11H20. The molecule has 0 spiro atoms. The molecular weight excluding hydrogens is 132 g/mol. The molecule has 0 bridgehead atoms. The lowest BCUT2D eigenvalue weighted by atomic mass is 10.00. The molecule has 0 radical (unpaired) electrons. The summed E-state index contributed by atoms with van der Waals surface area (Å²) in [6.45, 7) is 6.76. The van der Waals surface area contributed by atoms with Gasteiger partial charge in [-0.3, -0.25) is 0 Å². The first-order valence-corrected chi connectivity index (χ1v) is 4.83. The van der Waals surface area contributed by atoms with Crippen LogP contribution in [0.3, 0.4) is 0 Å². The Morgan fingerprint density at radius 2 is 2.09 bits per heavy atom. The molecule has 0 unspecified atom stereocenters. The minimum atomic E-state index is 0.977. The maximum atomic E-state index is 2.40. The van der Waals surface area contributed by atoms with E-state index in [4.69, 9.17) is 0 Å². The topological polar surface area (TPSA) is 0 Å². The quantitative estimate of drug-likeness (QED) is 0.538. The number of rotatable bonds is 4. The number of allylic oxidation sites excluding steroid dienone is 2. The molecule has 64 valence electrons. The van der Waals surface area contributed by atoms with Crippen LogP contribution in [0.2, 0.25) is 0 Å². The highest BCUT2D eigenvalue weighted by Gasteiger charge is 2.26. The van der Waals surface area contributed by atoms with Crippen molar-refractivity contribution in [1.29, 1.82) is 0 Å². The Kier molecular flexibility index (Phi) is 3.16. The average Bonchev–Trinajstić information content (AvgIpc) is 2.66. The molecule has 0 N–H and O–H groups in total. The highest BCUT2D eigenvalue weighted by Crippen LogP contribution is 2.38. The third-order valence-electron chi connectivity index (χ3n) is 2.60. The zero-order valence-electron chi connectivity index (χ0n) is 8.06. The molecule has 11 heavy (non-hydrogen) atoms. The molecule has 0 aliphatic heterocycles. The molecule has 1 saturated carbocycles. The highest BCUT2D eigenvalue weighted by molar-refractivity contribution is 4.93. The monoisotopic (exact) mass is 152 g/mol. The van der Waals surface area contributed by atoms with Gasteiger partial charge in [0, 0.05) is 0 Å². The van der Waals surface area contributed by atoms with Gasteiger partial charge in [0.05, 0.1) is 0 Å². The third kappa shape index (κ3) is 3.60. The first-order chi connectivity index (χ1) is 5.20. The van der Waals surface area contributed by atoms with E-state index in [9.17, 15) is 0 Å². The van der Waals surface area contributed by atoms with Crippen LogP contribution in [-0.4, -0.2) is 0 Å². The summed E-state index contributed by atoms with van der Waals surface area (Å²) in [5, 5.41) is 0. The smallest absolute Gasteiger partial charge is 0.0346 e. The molecule has 1 aliphatic carbocycles. The summed E-state index contributed by atoms with van der Waals surface area (Å²) in [6, 6.07) is 0. The molecule has 0 aromatic rings.